The third kappa shape index (κ3) is 4.37. The van der Waals surface area contributed by atoms with Gasteiger partial charge in [0.05, 0.1) is 16.3 Å². The molecule has 5 nitrogen and oxygen atoms in total. The zero-order valence-electron chi connectivity index (χ0n) is 14.5. The van der Waals surface area contributed by atoms with Crippen LogP contribution in [0.25, 0.3) is 0 Å². The molecule has 2 N–H and O–H groups in total. The molecule has 3 rings (SSSR count). The Morgan fingerprint density at radius 3 is 2.27 bits per heavy atom. The fourth-order valence-corrected chi connectivity index (χ4v) is 2.53. The van der Waals surface area contributed by atoms with E-state index < -0.39 is 0 Å². The Kier molecular flexibility index (Phi) is 5.49. The summed E-state index contributed by atoms with van der Waals surface area (Å²) in [6, 6.07) is 15.2. The first-order valence-corrected chi connectivity index (χ1v) is 8.65. The molecule has 0 aliphatic rings. The van der Waals surface area contributed by atoms with Crippen molar-refractivity contribution >= 4 is 34.8 Å². The van der Waals surface area contributed by atoms with Crippen molar-refractivity contribution < 1.29 is 4.79 Å². The molecular weight excluding hydrogens is 348 g/mol. The molecule has 0 bridgehead atoms. The van der Waals surface area contributed by atoms with Crippen molar-refractivity contribution in [3.63, 3.8) is 0 Å². The molecule has 0 atom stereocenters. The Morgan fingerprint density at radius 2 is 1.65 bits per heavy atom. The number of para-hydroxylation sites is 1. The number of aromatic nitrogens is 2. The average Bonchev–Trinajstić information content (AvgIpc) is 2.64. The van der Waals surface area contributed by atoms with Gasteiger partial charge >= 0.3 is 0 Å². The molecule has 3 aromatic rings. The van der Waals surface area contributed by atoms with Gasteiger partial charge in [0.15, 0.2) is 0 Å². The van der Waals surface area contributed by atoms with E-state index in [0.717, 1.165) is 5.69 Å². The minimum atomic E-state index is -0.314. The van der Waals surface area contributed by atoms with Crippen LogP contribution in [-0.4, -0.2) is 15.9 Å². The van der Waals surface area contributed by atoms with Gasteiger partial charge in [-0.2, -0.15) is 0 Å². The molecule has 0 fully saturated rings. The molecule has 0 saturated heterocycles. The van der Waals surface area contributed by atoms with Crippen LogP contribution < -0.4 is 10.6 Å². The predicted octanol–water partition coefficient (Wildman–Crippen LogP) is 5.25. The summed E-state index contributed by atoms with van der Waals surface area (Å²) in [4.78, 5) is 20.7. The third-order valence-corrected chi connectivity index (χ3v) is 4.20. The third-order valence-electron chi connectivity index (χ3n) is 3.87. The van der Waals surface area contributed by atoms with Crippen LogP contribution in [0.5, 0.6) is 0 Å². The first kappa shape index (κ1) is 17.9. The van der Waals surface area contributed by atoms with Crippen LogP contribution in [0.4, 0.5) is 17.3 Å². The summed E-state index contributed by atoms with van der Waals surface area (Å²) in [6.45, 7) is 4.30. The fraction of sp³-hybridized carbons (Fsp3) is 0.150. The number of nitrogens with zero attached hydrogens (tertiary/aromatic N) is 2. The normalized spacial score (nSPS) is 10.6. The molecule has 0 aliphatic heterocycles. The van der Waals surface area contributed by atoms with E-state index in [1.807, 2.05) is 12.1 Å². The standard InChI is InChI=1S/C20H19ClN4O/c1-13(2)14-7-9-16(10-8-14)24-20-22-11-15(12-23-20)19(26)25-18-6-4-3-5-17(18)21/h3-13H,1-2H3,(H,25,26)(H,22,23,24). The van der Waals surface area contributed by atoms with E-state index in [1.165, 1.54) is 18.0 Å². The smallest absolute Gasteiger partial charge is 0.258 e. The van der Waals surface area contributed by atoms with Gasteiger partial charge in [0.2, 0.25) is 5.95 Å². The minimum Gasteiger partial charge on any atom is -0.324 e. The largest absolute Gasteiger partial charge is 0.324 e. The maximum Gasteiger partial charge on any atom is 0.258 e. The number of nitrogens with one attached hydrogen (secondary N) is 2. The Balaban J connectivity index is 1.66. The summed E-state index contributed by atoms with van der Waals surface area (Å²) in [6.07, 6.45) is 2.95. The van der Waals surface area contributed by atoms with Gasteiger partial charge in [-0.1, -0.05) is 49.7 Å². The lowest BCUT2D eigenvalue weighted by Gasteiger charge is -2.09. The minimum absolute atomic E-state index is 0.314. The highest BCUT2D eigenvalue weighted by molar-refractivity contribution is 6.33. The summed E-state index contributed by atoms with van der Waals surface area (Å²) in [5.41, 5.74) is 3.06. The number of amides is 1. The van der Waals surface area contributed by atoms with Gasteiger partial charge in [-0.05, 0) is 35.7 Å². The van der Waals surface area contributed by atoms with Crippen LogP contribution in [0.2, 0.25) is 5.02 Å². The Bertz CT molecular complexity index is 892. The topological polar surface area (TPSA) is 66.9 Å². The number of rotatable bonds is 5. The summed E-state index contributed by atoms with van der Waals surface area (Å²) >= 11 is 6.05. The second-order valence-electron chi connectivity index (χ2n) is 6.13. The molecule has 0 unspecified atom stereocenters. The molecule has 0 saturated carbocycles. The highest BCUT2D eigenvalue weighted by Crippen LogP contribution is 2.21. The van der Waals surface area contributed by atoms with Crippen LogP contribution in [0, 0.1) is 0 Å². The Morgan fingerprint density at radius 1 is 1.00 bits per heavy atom. The Hall–Kier alpha value is -2.92. The lowest BCUT2D eigenvalue weighted by Crippen LogP contribution is -2.13. The highest BCUT2D eigenvalue weighted by atomic mass is 35.5. The van der Waals surface area contributed by atoms with E-state index >= 15 is 0 Å². The van der Waals surface area contributed by atoms with Gasteiger partial charge in [0.25, 0.3) is 5.91 Å². The molecular formula is C20H19ClN4O. The number of hydrogen-bond donors (Lipinski definition) is 2. The second kappa shape index (κ2) is 7.97. The van der Waals surface area contributed by atoms with Crippen LogP contribution in [0.15, 0.2) is 60.9 Å². The first-order valence-electron chi connectivity index (χ1n) is 8.28. The number of halogens is 1. The molecule has 132 valence electrons. The summed E-state index contributed by atoms with van der Waals surface area (Å²) < 4.78 is 0. The summed E-state index contributed by atoms with van der Waals surface area (Å²) in [5, 5.41) is 6.34. The van der Waals surface area contributed by atoms with Crippen molar-refractivity contribution in [1.82, 2.24) is 9.97 Å². The molecule has 0 aliphatic carbocycles. The van der Waals surface area contributed by atoms with Gasteiger partial charge in [-0.3, -0.25) is 4.79 Å². The number of anilines is 3. The second-order valence-corrected chi connectivity index (χ2v) is 6.54. The number of carbonyl (C=O) groups excluding carboxylic acids is 1. The molecule has 1 amide bonds. The lowest BCUT2D eigenvalue weighted by molar-refractivity contribution is 0.102. The molecule has 26 heavy (non-hydrogen) atoms. The van der Waals surface area contributed by atoms with Crippen molar-refractivity contribution in [2.45, 2.75) is 19.8 Å². The molecule has 1 aromatic heterocycles. The first-order chi connectivity index (χ1) is 12.5. The highest BCUT2D eigenvalue weighted by Gasteiger charge is 2.09. The summed E-state index contributed by atoms with van der Waals surface area (Å²) in [5.74, 6) is 0.596. The molecule has 1 heterocycles. The van der Waals surface area contributed by atoms with Gasteiger partial charge in [0.1, 0.15) is 0 Å². The van der Waals surface area contributed by atoms with Crippen molar-refractivity contribution in [2.24, 2.45) is 0 Å². The van der Waals surface area contributed by atoms with E-state index in [4.69, 9.17) is 11.6 Å². The number of carbonyl (C=O) groups is 1. The van der Waals surface area contributed by atoms with E-state index in [2.05, 4.69) is 46.6 Å². The molecule has 0 radical (unpaired) electrons. The van der Waals surface area contributed by atoms with Gasteiger partial charge in [0, 0.05) is 18.1 Å². The van der Waals surface area contributed by atoms with Crippen molar-refractivity contribution in [3.05, 3.63) is 77.1 Å². The quantitative estimate of drug-likeness (QED) is 0.647. The van der Waals surface area contributed by atoms with E-state index in [9.17, 15) is 4.79 Å². The van der Waals surface area contributed by atoms with Gasteiger partial charge < -0.3 is 10.6 Å². The van der Waals surface area contributed by atoms with Crippen LogP contribution >= 0.6 is 11.6 Å². The zero-order valence-corrected chi connectivity index (χ0v) is 15.3. The van der Waals surface area contributed by atoms with E-state index in [1.54, 1.807) is 24.3 Å². The maximum atomic E-state index is 12.3. The Labute approximate surface area is 157 Å². The van der Waals surface area contributed by atoms with Crippen LogP contribution in [-0.2, 0) is 0 Å². The van der Waals surface area contributed by atoms with Crippen molar-refractivity contribution in [3.8, 4) is 0 Å². The monoisotopic (exact) mass is 366 g/mol. The average molecular weight is 367 g/mol. The van der Waals surface area contributed by atoms with Crippen LogP contribution in [0.1, 0.15) is 35.7 Å². The van der Waals surface area contributed by atoms with Crippen molar-refractivity contribution in [1.29, 1.82) is 0 Å². The van der Waals surface area contributed by atoms with Crippen molar-refractivity contribution in [2.75, 3.05) is 10.6 Å². The molecule has 0 spiro atoms. The van der Waals surface area contributed by atoms with E-state index in [-0.39, 0.29) is 5.91 Å². The van der Waals surface area contributed by atoms with E-state index in [0.29, 0.717) is 28.1 Å². The summed E-state index contributed by atoms with van der Waals surface area (Å²) in [7, 11) is 0. The van der Waals surface area contributed by atoms with Gasteiger partial charge in [-0.15, -0.1) is 0 Å². The lowest BCUT2D eigenvalue weighted by atomic mass is 10.0. The molecule has 6 heteroatoms. The van der Waals surface area contributed by atoms with Gasteiger partial charge in [-0.25, -0.2) is 9.97 Å². The number of benzene rings is 2. The fourth-order valence-electron chi connectivity index (χ4n) is 2.35. The zero-order chi connectivity index (χ0) is 18.5. The predicted molar refractivity (Wildman–Crippen MR) is 105 cm³/mol. The number of hydrogen-bond acceptors (Lipinski definition) is 4. The maximum absolute atomic E-state index is 12.3. The SMILES string of the molecule is CC(C)c1ccc(Nc2ncc(C(=O)Nc3ccccc3Cl)cn2)cc1. The van der Waals surface area contributed by atoms with Crippen LogP contribution in [0.3, 0.4) is 0 Å². The molecule has 2 aromatic carbocycles.